The molecule has 2 atom stereocenters. The fourth-order valence-corrected chi connectivity index (χ4v) is 8.37. The molecule has 0 fully saturated rings. The van der Waals surface area contributed by atoms with Gasteiger partial charge in [-0.15, -0.1) is 0 Å². The number of hydrogen-bond donors (Lipinski definition) is 3. The van der Waals surface area contributed by atoms with Crippen LogP contribution in [0.4, 0.5) is 0 Å². The molecule has 0 saturated carbocycles. The normalized spacial score (nSPS) is 12.9. The summed E-state index contributed by atoms with van der Waals surface area (Å²) in [6.07, 6.45) is 64.1. The van der Waals surface area contributed by atoms with E-state index in [0.29, 0.717) is 25.9 Å². The van der Waals surface area contributed by atoms with Gasteiger partial charge in [-0.25, -0.2) is 0 Å². The van der Waals surface area contributed by atoms with E-state index in [4.69, 9.17) is 4.74 Å². The number of amides is 1. The summed E-state index contributed by atoms with van der Waals surface area (Å²) in [6.45, 7) is 4.88. The van der Waals surface area contributed by atoms with Gasteiger partial charge in [0.25, 0.3) is 0 Å². The smallest absolute Gasteiger partial charge is 0.305 e. The molecule has 0 aromatic heterocycles. The third-order valence-corrected chi connectivity index (χ3v) is 12.7. The van der Waals surface area contributed by atoms with Crippen LogP contribution in [-0.2, 0) is 14.3 Å². The summed E-state index contributed by atoms with van der Waals surface area (Å²) < 4.78 is 5.44. The number of ether oxygens (including phenoxy) is 1. The van der Waals surface area contributed by atoms with E-state index >= 15 is 0 Å². The number of allylic oxidation sites excluding steroid dienone is 6. The minimum atomic E-state index is -0.682. The van der Waals surface area contributed by atoms with Crippen molar-refractivity contribution in [1.82, 2.24) is 5.32 Å². The van der Waals surface area contributed by atoms with Crippen LogP contribution in [0.25, 0.3) is 0 Å². The number of esters is 1. The van der Waals surface area contributed by atoms with E-state index < -0.39 is 12.1 Å². The van der Waals surface area contributed by atoms with Gasteiger partial charge in [0, 0.05) is 12.8 Å². The maximum atomic E-state index is 12.5. The molecule has 0 aliphatic carbocycles. The van der Waals surface area contributed by atoms with Crippen molar-refractivity contribution >= 4 is 11.9 Å². The summed E-state index contributed by atoms with van der Waals surface area (Å²) in [5, 5.41) is 23.3. The van der Waals surface area contributed by atoms with Gasteiger partial charge in [-0.05, 0) is 89.9 Å². The van der Waals surface area contributed by atoms with Crippen LogP contribution < -0.4 is 5.32 Å². The van der Waals surface area contributed by atoms with Crippen LogP contribution in [0.15, 0.2) is 36.5 Å². The largest absolute Gasteiger partial charge is 0.466 e. The molecular formula is C57H107NO5. The van der Waals surface area contributed by atoms with Gasteiger partial charge in [0.05, 0.1) is 25.4 Å². The highest BCUT2D eigenvalue weighted by molar-refractivity contribution is 5.76. The van der Waals surface area contributed by atoms with Gasteiger partial charge in [0.1, 0.15) is 0 Å². The molecule has 0 heterocycles. The molecule has 0 rings (SSSR count). The number of unbranched alkanes of at least 4 members (excludes halogenated alkanes) is 34. The molecule has 370 valence electrons. The molecule has 6 heteroatoms. The Morgan fingerprint density at radius 2 is 0.794 bits per heavy atom. The summed E-state index contributed by atoms with van der Waals surface area (Å²) in [5.41, 5.74) is 0. The first kappa shape index (κ1) is 61.1. The van der Waals surface area contributed by atoms with Crippen molar-refractivity contribution in [1.29, 1.82) is 0 Å². The van der Waals surface area contributed by atoms with Crippen molar-refractivity contribution < 1.29 is 24.5 Å². The quantitative estimate of drug-likeness (QED) is 0.0321. The zero-order valence-corrected chi connectivity index (χ0v) is 42.1. The lowest BCUT2D eigenvalue weighted by Gasteiger charge is -2.22. The Balaban J connectivity index is 3.52. The molecule has 2 unspecified atom stereocenters. The van der Waals surface area contributed by atoms with E-state index in [-0.39, 0.29) is 18.5 Å². The van der Waals surface area contributed by atoms with Gasteiger partial charge in [-0.1, -0.05) is 224 Å². The highest BCUT2D eigenvalue weighted by atomic mass is 16.5. The molecule has 0 aromatic rings. The lowest BCUT2D eigenvalue weighted by Crippen LogP contribution is -2.45. The minimum absolute atomic E-state index is 0.0361. The molecule has 0 saturated heterocycles. The summed E-state index contributed by atoms with van der Waals surface area (Å²) in [6, 6.07) is -0.562. The monoisotopic (exact) mass is 886 g/mol. The number of hydrogen-bond acceptors (Lipinski definition) is 5. The van der Waals surface area contributed by atoms with Gasteiger partial charge >= 0.3 is 5.97 Å². The SMILES string of the molecule is CCCCCC/C=C\C/C=C\CCCCCCCC(=O)OCCCCC/C=C\CCCCCCCC(=O)NC(CO)C(O)CCCCCCCCCCCCCCCCCCCC. The third kappa shape index (κ3) is 49.4. The van der Waals surface area contributed by atoms with Crippen molar-refractivity contribution in [3.63, 3.8) is 0 Å². The zero-order chi connectivity index (χ0) is 45.8. The Morgan fingerprint density at radius 1 is 0.444 bits per heavy atom. The van der Waals surface area contributed by atoms with Crippen LogP contribution in [0.1, 0.15) is 290 Å². The first-order valence-corrected chi connectivity index (χ1v) is 27.7. The standard InChI is InChI=1S/C57H107NO5/c1-3-5-7-9-11-13-15-17-19-21-22-23-25-29-33-37-41-45-49-55(60)54(53-59)58-56(61)50-46-42-38-34-30-27-28-32-36-40-44-48-52-63-57(62)51-47-43-39-35-31-26-24-20-18-16-14-12-10-8-6-4-2/h14,16,20,24,28,32,54-55,59-60H,3-13,15,17-19,21-23,25-27,29-31,33-53H2,1-2H3,(H,58,61)/b16-14-,24-20-,32-28-. The first-order valence-electron chi connectivity index (χ1n) is 27.7. The maximum Gasteiger partial charge on any atom is 0.305 e. The molecule has 63 heavy (non-hydrogen) atoms. The predicted molar refractivity (Wildman–Crippen MR) is 273 cm³/mol. The van der Waals surface area contributed by atoms with Gasteiger partial charge < -0.3 is 20.3 Å². The Bertz CT molecular complexity index is 1020. The Morgan fingerprint density at radius 3 is 1.24 bits per heavy atom. The van der Waals surface area contributed by atoms with E-state index in [1.165, 1.54) is 167 Å². The predicted octanol–water partition coefficient (Wildman–Crippen LogP) is 16.9. The van der Waals surface area contributed by atoms with E-state index in [2.05, 4.69) is 55.6 Å². The van der Waals surface area contributed by atoms with Gasteiger partial charge in [0.2, 0.25) is 5.91 Å². The Hall–Kier alpha value is -1.92. The Kier molecular flexibility index (Phi) is 51.1. The van der Waals surface area contributed by atoms with Crippen LogP contribution in [-0.4, -0.2) is 47.4 Å². The van der Waals surface area contributed by atoms with Crippen LogP contribution in [0, 0.1) is 0 Å². The molecular weight excluding hydrogens is 779 g/mol. The molecule has 0 aliphatic heterocycles. The minimum Gasteiger partial charge on any atom is -0.466 e. The second kappa shape index (κ2) is 52.7. The number of carbonyl (C=O) groups excluding carboxylic acids is 2. The number of aliphatic hydroxyl groups is 2. The molecule has 1 amide bonds. The van der Waals surface area contributed by atoms with Crippen LogP contribution in [0.3, 0.4) is 0 Å². The summed E-state index contributed by atoms with van der Waals surface area (Å²) in [4.78, 5) is 24.5. The number of rotatable bonds is 51. The number of carbonyl (C=O) groups is 2. The van der Waals surface area contributed by atoms with Crippen molar-refractivity contribution in [2.75, 3.05) is 13.2 Å². The average Bonchev–Trinajstić information content (AvgIpc) is 3.28. The summed E-state index contributed by atoms with van der Waals surface area (Å²) in [7, 11) is 0. The number of nitrogens with one attached hydrogen (secondary N) is 1. The van der Waals surface area contributed by atoms with E-state index in [0.717, 1.165) is 89.9 Å². The highest BCUT2D eigenvalue weighted by Gasteiger charge is 2.20. The van der Waals surface area contributed by atoms with Crippen LogP contribution >= 0.6 is 0 Å². The fraction of sp³-hybridized carbons (Fsp3) is 0.860. The molecule has 0 aromatic carbocycles. The lowest BCUT2D eigenvalue weighted by atomic mass is 10.0. The van der Waals surface area contributed by atoms with Crippen LogP contribution in [0.5, 0.6) is 0 Å². The second-order valence-corrected chi connectivity index (χ2v) is 18.9. The maximum absolute atomic E-state index is 12.5. The molecule has 6 nitrogen and oxygen atoms in total. The molecule has 0 bridgehead atoms. The van der Waals surface area contributed by atoms with E-state index in [9.17, 15) is 19.8 Å². The Labute approximate surface area is 392 Å². The van der Waals surface area contributed by atoms with Gasteiger partial charge in [-0.3, -0.25) is 9.59 Å². The molecule has 0 radical (unpaired) electrons. The average molecular weight is 886 g/mol. The van der Waals surface area contributed by atoms with Crippen LogP contribution in [0.2, 0.25) is 0 Å². The van der Waals surface area contributed by atoms with Crippen molar-refractivity contribution in [3.05, 3.63) is 36.5 Å². The molecule has 0 aliphatic rings. The first-order chi connectivity index (χ1) is 31.0. The van der Waals surface area contributed by atoms with Crippen molar-refractivity contribution in [2.45, 2.75) is 302 Å². The van der Waals surface area contributed by atoms with Crippen molar-refractivity contribution in [3.8, 4) is 0 Å². The summed E-state index contributed by atoms with van der Waals surface area (Å²) >= 11 is 0. The second-order valence-electron chi connectivity index (χ2n) is 18.9. The highest BCUT2D eigenvalue weighted by Crippen LogP contribution is 2.16. The third-order valence-electron chi connectivity index (χ3n) is 12.7. The van der Waals surface area contributed by atoms with E-state index in [1.807, 2.05) is 0 Å². The molecule has 3 N–H and O–H groups in total. The fourth-order valence-electron chi connectivity index (χ4n) is 8.37. The van der Waals surface area contributed by atoms with Crippen molar-refractivity contribution in [2.24, 2.45) is 0 Å². The lowest BCUT2D eigenvalue weighted by molar-refractivity contribution is -0.143. The summed E-state index contributed by atoms with van der Waals surface area (Å²) in [5.74, 6) is -0.0967. The number of aliphatic hydroxyl groups excluding tert-OH is 2. The van der Waals surface area contributed by atoms with Gasteiger partial charge in [-0.2, -0.15) is 0 Å². The topological polar surface area (TPSA) is 95.9 Å². The molecule has 0 spiro atoms. The zero-order valence-electron chi connectivity index (χ0n) is 42.1. The van der Waals surface area contributed by atoms with E-state index in [1.54, 1.807) is 0 Å². The van der Waals surface area contributed by atoms with Gasteiger partial charge in [0.15, 0.2) is 0 Å².